The molecule has 76 valence electrons. The van der Waals surface area contributed by atoms with Gasteiger partial charge in [0.05, 0.1) is 0 Å². The number of primary amides is 1. The lowest BCUT2D eigenvalue weighted by Crippen LogP contribution is -2.16. The van der Waals surface area contributed by atoms with Gasteiger partial charge in [-0.25, -0.2) is 10.8 Å². The minimum atomic E-state index is -0.330. The number of nitrogen functional groups attached to an aromatic ring is 1. The molecule has 0 saturated carbocycles. The van der Waals surface area contributed by atoms with Crippen molar-refractivity contribution in [2.75, 3.05) is 17.3 Å². The molecular weight excluding hydrogens is 182 g/mol. The second kappa shape index (κ2) is 5.03. The fourth-order valence-corrected chi connectivity index (χ4v) is 0.949. The number of aromatic nitrogens is 1. The number of anilines is 2. The van der Waals surface area contributed by atoms with Crippen molar-refractivity contribution >= 4 is 17.4 Å². The number of pyridine rings is 1. The molecule has 6 heteroatoms. The van der Waals surface area contributed by atoms with Gasteiger partial charge in [-0.05, 0) is 6.07 Å². The molecule has 0 aliphatic heterocycles. The van der Waals surface area contributed by atoms with Gasteiger partial charge in [0.1, 0.15) is 5.82 Å². The van der Waals surface area contributed by atoms with Crippen LogP contribution in [0.2, 0.25) is 0 Å². The molecule has 1 amide bonds. The highest BCUT2D eigenvalue weighted by Gasteiger charge is 1.96. The van der Waals surface area contributed by atoms with E-state index in [0.717, 1.165) is 5.69 Å². The molecule has 0 bridgehead atoms. The van der Waals surface area contributed by atoms with Gasteiger partial charge < -0.3 is 16.5 Å². The third-order valence-electron chi connectivity index (χ3n) is 1.61. The van der Waals surface area contributed by atoms with E-state index in [9.17, 15) is 4.79 Å². The molecule has 0 spiro atoms. The lowest BCUT2D eigenvalue weighted by Gasteiger charge is -2.05. The lowest BCUT2D eigenvalue weighted by molar-refractivity contribution is -0.117. The molecule has 0 saturated heterocycles. The highest BCUT2D eigenvalue weighted by Crippen LogP contribution is 2.10. The molecule has 14 heavy (non-hydrogen) atoms. The monoisotopic (exact) mass is 195 g/mol. The van der Waals surface area contributed by atoms with Gasteiger partial charge in [-0.15, -0.1) is 0 Å². The van der Waals surface area contributed by atoms with Crippen LogP contribution in [-0.2, 0) is 4.79 Å². The summed E-state index contributed by atoms with van der Waals surface area (Å²) >= 11 is 0. The van der Waals surface area contributed by atoms with E-state index in [4.69, 9.17) is 11.6 Å². The number of nitrogens with two attached hydrogens (primary N) is 2. The number of nitrogens with zero attached hydrogens (tertiary/aromatic N) is 1. The maximum atomic E-state index is 10.5. The molecule has 1 aromatic rings. The molecular formula is C8H13N5O. The Kier molecular flexibility index (Phi) is 3.69. The Bertz CT molecular complexity index is 314. The van der Waals surface area contributed by atoms with Crippen LogP contribution in [0.25, 0.3) is 0 Å². The van der Waals surface area contributed by atoms with Crippen LogP contribution in [0.1, 0.15) is 6.42 Å². The fourth-order valence-electron chi connectivity index (χ4n) is 0.949. The summed E-state index contributed by atoms with van der Waals surface area (Å²) in [6.07, 6.45) is 1.91. The molecule has 0 unspecified atom stereocenters. The van der Waals surface area contributed by atoms with E-state index >= 15 is 0 Å². The molecule has 0 aromatic carbocycles. The van der Waals surface area contributed by atoms with Crippen molar-refractivity contribution < 1.29 is 4.79 Å². The highest BCUT2D eigenvalue weighted by atomic mass is 16.1. The van der Waals surface area contributed by atoms with E-state index in [-0.39, 0.29) is 5.91 Å². The summed E-state index contributed by atoms with van der Waals surface area (Å²) in [4.78, 5) is 14.4. The molecule has 1 heterocycles. The van der Waals surface area contributed by atoms with Gasteiger partial charge in [0.15, 0.2) is 0 Å². The van der Waals surface area contributed by atoms with Crippen molar-refractivity contribution in [3.8, 4) is 0 Å². The maximum Gasteiger partial charge on any atom is 0.219 e. The number of hydrazine groups is 1. The number of nitrogens with one attached hydrogen (secondary N) is 2. The van der Waals surface area contributed by atoms with Crippen LogP contribution >= 0.6 is 0 Å². The molecule has 1 rings (SSSR count). The Morgan fingerprint density at radius 2 is 2.36 bits per heavy atom. The van der Waals surface area contributed by atoms with E-state index in [0.29, 0.717) is 18.8 Å². The largest absolute Gasteiger partial charge is 0.384 e. The van der Waals surface area contributed by atoms with Crippen molar-refractivity contribution in [2.45, 2.75) is 6.42 Å². The molecule has 0 radical (unpaired) electrons. The summed E-state index contributed by atoms with van der Waals surface area (Å²) in [5.74, 6) is 5.42. The van der Waals surface area contributed by atoms with Crippen LogP contribution in [0, 0.1) is 0 Å². The minimum Gasteiger partial charge on any atom is -0.384 e. The first kappa shape index (κ1) is 10.3. The summed E-state index contributed by atoms with van der Waals surface area (Å²) in [7, 11) is 0. The summed E-state index contributed by atoms with van der Waals surface area (Å²) in [5, 5.41) is 3.01. The Morgan fingerprint density at radius 3 is 3.00 bits per heavy atom. The first-order chi connectivity index (χ1) is 6.72. The van der Waals surface area contributed by atoms with Gasteiger partial charge in [0.2, 0.25) is 5.91 Å². The molecule has 0 fully saturated rings. The van der Waals surface area contributed by atoms with E-state index < -0.39 is 0 Å². The van der Waals surface area contributed by atoms with Crippen LogP contribution in [0.5, 0.6) is 0 Å². The number of hydrogen-bond acceptors (Lipinski definition) is 5. The first-order valence-corrected chi connectivity index (χ1v) is 4.17. The van der Waals surface area contributed by atoms with Crippen LogP contribution in [-0.4, -0.2) is 17.4 Å². The van der Waals surface area contributed by atoms with E-state index in [1.54, 1.807) is 18.3 Å². The van der Waals surface area contributed by atoms with Crippen molar-refractivity contribution in [1.29, 1.82) is 0 Å². The lowest BCUT2D eigenvalue weighted by atomic mass is 10.3. The zero-order valence-corrected chi connectivity index (χ0v) is 7.66. The van der Waals surface area contributed by atoms with E-state index in [1.807, 2.05) is 0 Å². The summed E-state index contributed by atoms with van der Waals surface area (Å²) in [5.41, 5.74) is 8.25. The van der Waals surface area contributed by atoms with Crippen molar-refractivity contribution in [2.24, 2.45) is 11.6 Å². The second-order valence-electron chi connectivity index (χ2n) is 2.72. The average molecular weight is 195 g/mol. The quantitative estimate of drug-likeness (QED) is 0.379. The maximum absolute atomic E-state index is 10.5. The summed E-state index contributed by atoms with van der Waals surface area (Å²) in [6.45, 7) is 0.503. The number of carbonyl (C=O) groups is 1. The molecule has 6 nitrogen and oxygen atoms in total. The predicted molar refractivity (Wildman–Crippen MR) is 54.3 cm³/mol. The highest BCUT2D eigenvalue weighted by molar-refractivity contribution is 5.74. The van der Waals surface area contributed by atoms with E-state index in [2.05, 4.69) is 15.7 Å². The van der Waals surface area contributed by atoms with Gasteiger partial charge in [0.25, 0.3) is 0 Å². The molecule has 0 aliphatic carbocycles. The Balaban J connectivity index is 2.46. The Morgan fingerprint density at radius 1 is 1.57 bits per heavy atom. The number of rotatable bonds is 5. The number of amides is 1. The van der Waals surface area contributed by atoms with Gasteiger partial charge in [-0.3, -0.25) is 4.79 Å². The van der Waals surface area contributed by atoms with E-state index in [1.165, 1.54) is 0 Å². The van der Waals surface area contributed by atoms with Crippen LogP contribution < -0.4 is 22.3 Å². The van der Waals surface area contributed by atoms with Crippen molar-refractivity contribution in [3.63, 3.8) is 0 Å². The number of hydrogen-bond donors (Lipinski definition) is 4. The average Bonchev–Trinajstić information content (AvgIpc) is 2.18. The fraction of sp³-hybridized carbons (Fsp3) is 0.250. The van der Waals surface area contributed by atoms with Gasteiger partial charge >= 0.3 is 0 Å². The molecule has 6 N–H and O–H groups in total. The standard InChI is InChI=1S/C8H13N5O/c9-7(14)2-4-11-6-1-3-12-8(5-6)13-10/h1,3,5H,2,4,10H2,(H2,9,14)(H2,11,12,13). The molecule has 0 atom stereocenters. The second-order valence-corrected chi connectivity index (χ2v) is 2.72. The SMILES string of the molecule is NNc1cc(NCCC(N)=O)ccn1. The van der Waals surface area contributed by atoms with Gasteiger partial charge in [-0.1, -0.05) is 0 Å². The van der Waals surface area contributed by atoms with Crippen molar-refractivity contribution in [3.05, 3.63) is 18.3 Å². The third kappa shape index (κ3) is 3.28. The van der Waals surface area contributed by atoms with Gasteiger partial charge in [-0.2, -0.15) is 0 Å². The zero-order chi connectivity index (χ0) is 10.4. The third-order valence-corrected chi connectivity index (χ3v) is 1.61. The topological polar surface area (TPSA) is 106 Å². The zero-order valence-electron chi connectivity index (χ0n) is 7.66. The van der Waals surface area contributed by atoms with Gasteiger partial charge in [0, 0.05) is 30.9 Å². The van der Waals surface area contributed by atoms with Crippen molar-refractivity contribution in [1.82, 2.24) is 4.98 Å². The summed E-state index contributed by atoms with van der Waals surface area (Å²) < 4.78 is 0. The molecule has 1 aromatic heterocycles. The number of carbonyl (C=O) groups excluding carboxylic acids is 1. The smallest absolute Gasteiger partial charge is 0.219 e. The predicted octanol–water partition coefficient (Wildman–Crippen LogP) is -0.346. The Hall–Kier alpha value is -1.82. The minimum absolute atomic E-state index is 0.299. The molecule has 0 aliphatic rings. The van der Waals surface area contributed by atoms with Crippen LogP contribution in [0.3, 0.4) is 0 Å². The summed E-state index contributed by atoms with van der Waals surface area (Å²) in [6, 6.07) is 3.52. The van der Waals surface area contributed by atoms with Crippen LogP contribution in [0.4, 0.5) is 11.5 Å². The Labute approximate surface area is 81.7 Å². The first-order valence-electron chi connectivity index (χ1n) is 4.17. The normalized spacial score (nSPS) is 9.50. The van der Waals surface area contributed by atoms with Crippen LogP contribution in [0.15, 0.2) is 18.3 Å².